The van der Waals surface area contributed by atoms with E-state index in [4.69, 9.17) is 19.3 Å². The number of ether oxygens (including phenoxy) is 3. The molecule has 1 atom stereocenters. The second-order valence-electron chi connectivity index (χ2n) is 6.85. The van der Waals surface area contributed by atoms with Crippen LogP contribution in [0.15, 0.2) is 24.3 Å². The predicted molar refractivity (Wildman–Crippen MR) is 111 cm³/mol. The van der Waals surface area contributed by atoms with Gasteiger partial charge < -0.3 is 24.2 Å². The number of carbonyl (C=O) groups excluding carboxylic acids is 1. The molecule has 0 fully saturated rings. The Hall–Kier alpha value is -2.28. The van der Waals surface area contributed by atoms with Crippen molar-refractivity contribution < 1.29 is 28.9 Å². The van der Waals surface area contributed by atoms with Gasteiger partial charge in [-0.15, -0.1) is 0 Å². The quantitative estimate of drug-likeness (QED) is 0.438. The number of unbranched alkanes of at least 4 members (excludes halogenated alkanes) is 4. The normalized spacial score (nSPS) is 11.7. The minimum atomic E-state index is -0.968. The van der Waals surface area contributed by atoms with Crippen molar-refractivity contribution in [3.63, 3.8) is 0 Å². The third kappa shape index (κ3) is 10.2. The van der Waals surface area contributed by atoms with Gasteiger partial charge in [-0.25, -0.2) is 9.59 Å². The minimum absolute atomic E-state index is 0.303. The Bertz CT molecular complexity index is 589. The maximum atomic E-state index is 11.9. The predicted octanol–water partition coefficient (Wildman–Crippen LogP) is 4.14. The smallest absolute Gasteiger partial charge is 0.409 e. The van der Waals surface area contributed by atoms with Gasteiger partial charge in [0.2, 0.25) is 0 Å². The number of aliphatic carboxylic acids is 1. The first-order valence-electron chi connectivity index (χ1n) is 10.4. The Labute approximate surface area is 173 Å². The van der Waals surface area contributed by atoms with Crippen LogP contribution >= 0.6 is 0 Å². The summed E-state index contributed by atoms with van der Waals surface area (Å²) >= 11 is 0. The molecule has 0 aromatic heterocycles. The first kappa shape index (κ1) is 24.8. The standard InChI is InChI=1S/C22H35NO6/c1-4-6-7-8-9-14-23(22(26)27-3)15-16-29-19-12-10-18(11-13-19)17-20(21(24)25)28-5-2/h10-13,20H,4-9,14-17H2,1-3H3,(H,24,25). The molecule has 0 heterocycles. The summed E-state index contributed by atoms with van der Waals surface area (Å²) in [5.74, 6) is -0.297. The van der Waals surface area contributed by atoms with Crippen LogP contribution in [0.2, 0.25) is 0 Å². The molecular weight excluding hydrogens is 374 g/mol. The average Bonchev–Trinajstić information content (AvgIpc) is 2.72. The van der Waals surface area contributed by atoms with Crippen molar-refractivity contribution in [2.24, 2.45) is 0 Å². The summed E-state index contributed by atoms with van der Waals surface area (Å²) in [6, 6.07) is 7.26. The van der Waals surface area contributed by atoms with Crippen LogP contribution in [-0.4, -0.2) is 61.6 Å². The monoisotopic (exact) mass is 409 g/mol. The summed E-state index contributed by atoms with van der Waals surface area (Å²) in [6.45, 7) is 5.78. The van der Waals surface area contributed by atoms with Gasteiger partial charge in [-0.1, -0.05) is 44.7 Å². The molecular formula is C22H35NO6. The zero-order valence-electron chi connectivity index (χ0n) is 17.9. The van der Waals surface area contributed by atoms with Gasteiger partial charge in [0.1, 0.15) is 12.4 Å². The van der Waals surface area contributed by atoms with Crippen molar-refractivity contribution in [3.8, 4) is 5.75 Å². The van der Waals surface area contributed by atoms with E-state index in [1.807, 2.05) is 12.1 Å². The topological polar surface area (TPSA) is 85.3 Å². The SMILES string of the molecule is CCCCCCCN(CCOc1ccc(CC(OCC)C(=O)O)cc1)C(=O)OC. The zero-order valence-corrected chi connectivity index (χ0v) is 17.9. The molecule has 0 radical (unpaired) electrons. The van der Waals surface area contributed by atoms with Crippen molar-refractivity contribution >= 4 is 12.1 Å². The van der Waals surface area contributed by atoms with Crippen molar-refractivity contribution in [1.82, 2.24) is 4.90 Å². The molecule has 1 unspecified atom stereocenters. The maximum Gasteiger partial charge on any atom is 0.409 e. The highest BCUT2D eigenvalue weighted by atomic mass is 16.5. The van der Waals surface area contributed by atoms with Crippen LogP contribution in [0.3, 0.4) is 0 Å². The second kappa shape index (κ2) is 14.7. The Morgan fingerprint density at radius 1 is 1.03 bits per heavy atom. The van der Waals surface area contributed by atoms with Gasteiger partial charge >= 0.3 is 12.1 Å². The average molecular weight is 410 g/mol. The Balaban J connectivity index is 2.45. The van der Waals surface area contributed by atoms with E-state index in [9.17, 15) is 9.59 Å². The van der Waals surface area contributed by atoms with Crippen LogP contribution in [0.25, 0.3) is 0 Å². The Kier molecular flexibility index (Phi) is 12.5. The molecule has 1 rings (SSSR count). The van der Waals surface area contributed by atoms with E-state index in [2.05, 4.69) is 6.92 Å². The maximum absolute atomic E-state index is 11.9. The molecule has 0 bridgehead atoms. The van der Waals surface area contributed by atoms with Gasteiger partial charge in [-0.2, -0.15) is 0 Å². The lowest BCUT2D eigenvalue weighted by Crippen LogP contribution is -2.35. The number of nitrogens with zero attached hydrogens (tertiary/aromatic N) is 1. The molecule has 0 saturated carbocycles. The highest BCUT2D eigenvalue weighted by molar-refractivity contribution is 5.72. The molecule has 1 aromatic rings. The molecule has 1 amide bonds. The number of methoxy groups -OCH3 is 1. The number of carbonyl (C=O) groups is 2. The molecule has 7 nitrogen and oxygen atoms in total. The van der Waals surface area contributed by atoms with Crippen molar-refractivity contribution in [2.75, 3.05) is 33.4 Å². The highest BCUT2D eigenvalue weighted by Gasteiger charge is 2.18. The second-order valence-corrected chi connectivity index (χ2v) is 6.85. The van der Waals surface area contributed by atoms with Gasteiger partial charge in [0.15, 0.2) is 6.10 Å². The fourth-order valence-electron chi connectivity index (χ4n) is 2.96. The number of hydrogen-bond acceptors (Lipinski definition) is 5. The summed E-state index contributed by atoms with van der Waals surface area (Å²) in [5, 5.41) is 9.17. The molecule has 0 aliphatic carbocycles. The van der Waals surface area contributed by atoms with Crippen LogP contribution in [0.4, 0.5) is 4.79 Å². The van der Waals surface area contributed by atoms with Crippen LogP contribution in [0.5, 0.6) is 5.75 Å². The number of hydrogen-bond donors (Lipinski definition) is 1. The molecule has 7 heteroatoms. The van der Waals surface area contributed by atoms with E-state index >= 15 is 0 Å². The van der Waals surface area contributed by atoms with Crippen molar-refractivity contribution in [2.45, 2.75) is 58.5 Å². The van der Waals surface area contributed by atoms with Gasteiger partial charge in [-0.05, 0) is 31.0 Å². The Morgan fingerprint density at radius 2 is 1.72 bits per heavy atom. The van der Waals surface area contributed by atoms with Gasteiger partial charge in [-0.3, -0.25) is 0 Å². The summed E-state index contributed by atoms with van der Waals surface area (Å²) < 4.78 is 15.8. The number of carboxylic acid groups (broad SMARTS) is 1. The number of benzene rings is 1. The third-order valence-corrected chi connectivity index (χ3v) is 4.58. The van der Waals surface area contributed by atoms with E-state index in [1.165, 1.54) is 26.4 Å². The first-order chi connectivity index (χ1) is 14.0. The lowest BCUT2D eigenvalue weighted by molar-refractivity contribution is -0.149. The number of amides is 1. The van der Waals surface area contributed by atoms with Crippen LogP contribution in [-0.2, 0) is 20.7 Å². The molecule has 164 valence electrons. The van der Waals surface area contributed by atoms with Gasteiger partial charge in [0, 0.05) is 19.6 Å². The highest BCUT2D eigenvalue weighted by Crippen LogP contribution is 2.15. The lowest BCUT2D eigenvalue weighted by Gasteiger charge is -2.21. The zero-order chi connectivity index (χ0) is 21.5. The molecule has 1 aromatic carbocycles. The first-order valence-corrected chi connectivity index (χ1v) is 10.4. The van der Waals surface area contributed by atoms with Crippen LogP contribution in [0.1, 0.15) is 51.5 Å². The molecule has 29 heavy (non-hydrogen) atoms. The number of carboxylic acids is 1. The fourth-order valence-corrected chi connectivity index (χ4v) is 2.96. The summed E-state index contributed by atoms with van der Waals surface area (Å²) in [6.07, 6.45) is 4.76. The lowest BCUT2D eigenvalue weighted by atomic mass is 10.1. The van der Waals surface area contributed by atoms with Crippen LogP contribution in [0, 0.1) is 0 Å². The Morgan fingerprint density at radius 3 is 2.31 bits per heavy atom. The van der Waals surface area contributed by atoms with Crippen LogP contribution < -0.4 is 4.74 Å². The largest absolute Gasteiger partial charge is 0.492 e. The molecule has 0 aliphatic heterocycles. The minimum Gasteiger partial charge on any atom is -0.492 e. The molecule has 0 spiro atoms. The fraction of sp³-hybridized carbons (Fsp3) is 0.636. The van der Waals surface area contributed by atoms with Crippen molar-refractivity contribution in [1.29, 1.82) is 0 Å². The van der Waals surface area contributed by atoms with E-state index in [0.29, 0.717) is 38.5 Å². The summed E-state index contributed by atoms with van der Waals surface area (Å²) in [7, 11) is 1.39. The van der Waals surface area contributed by atoms with Gasteiger partial charge in [0.25, 0.3) is 0 Å². The van der Waals surface area contributed by atoms with E-state index in [0.717, 1.165) is 18.4 Å². The summed E-state index contributed by atoms with van der Waals surface area (Å²) in [5.41, 5.74) is 0.862. The van der Waals surface area contributed by atoms with Crippen molar-refractivity contribution in [3.05, 3.63) is 29.8 Å². The third-order valence-electron chi connectivity index (χ3n) is 4.58. The molecule has 1 N–H and O–H groups in total. The van der Waals surface area contributed by atoms with Gasteiger partial charge in [0.05, 0.1) is 13.7 Å². The van der Waals surface area contributed by atoms with E-state index in [-0.39, 0.29) is 6.09 Å². The molecule has 0 aliphatic rings. The summed E-state index contributed by atoms with van der Waals surface area (Å²) in [4.78, 5) is 24.8. The number of rotatable bonds is 15. The van der Waals surface area contributed by atoms with E-state index < -0.39 is 12.1 Å². The van der Waals surface area contributed by atoms with E-state index in [1.54, 1.807) is 24.0 Å². The molecule has 0 saturated heterocycles.